The van der Waals surface area contributed by atoms with Crippen LogP contribution in [0.4, 0.5) is 16.0 Å². The summed E-state index contributed by atoms with van der Waals surface area (Å²) < 4.78 is 30.5. The molecule has 1 saturated carbocycles. The van der Waals surface area contributed by atoms with Crippen LogP contribution in [0.2, 0.25) is 5.02 Å². The van der Waals surface area contributed by atoms with Gasteiger partial charge in [-0.25, -0.2) is 18.6 Å². The van der Waals surface area contributed by atoms with Crippen LogP contribution in [0.15, 0.2) is 65.7 Å². The van der Waals surface area contributed by atoms with Crippen molar-refractivity contribution in [2.75, 3.05) is 17.1 Å². The van der Waals surface area contributed by atoms with E-state index >= 15 is 4.39 Å². The fourth-order valence-electron chi connectivity index (χ4n) is 4.96. The van der Waals surface area contributed by atoms with Crippen LogP contribution in [-0.2, 0) is 17.4 Å². The molecular weight excluding hydrogens is 521 g/mol. The Morgan fingerprint density at radius 1 is 1.03 bits per heavy atom. The zero-order valence-electron chi connectivity index (χ0n) is 21.4. The van der Waals surface area contributed by atoms with Gasteiger partial charge in [0.25, 0.3) is 0 Å². The summed E-state index contributed by atoms with van der Waals surface area (Å²) in [4.78, 5) is 9.83. The van der Waals surface area contributed by atoms with Crippen molar-refractivity contribution in [3.05, 3.63) is 77.2 Å². The van der Waals surface area contributed by atoms with Gasteiger partial charge >= 0.3 is 0 Å². The summed E-state index contributed by atoms with van der Waals surface area (Å²) >= 11 is 6.13. The van der Waals surface area contributed by atoms with Crippen LogP contribution in [-0.4, -0.2) is 33.3 Å². The van der Waals surface area contributed by atoms with Gasteiger partial charge in [0.2, 0.25) is 5.95 Å². The topological polar surface area (TPSA) is 78.9 Å². The Bertz CT molecular complexity index is 1480. The second kappa shape index (κ2) is 11.8. The van der Waals surface area contributed by atoms with Gasteiger partial charge in [-0.05, 0) is 92.2 Å². The molecule has 38 heavy (non-hydrogen) atoms. The second-order valence-corrected chi connectivity index (χ2v) is 11.2. The predicted octanol–water partition coefficient (Wildman–Crippen LogP) is 6.73. The van der Waals surface area contributed by atoms with Crippen LogP contribution < -0.4 is 15.4 Å². The molecule has 0 aliphatic heterocycles. The zero-order valence-corrected chi connectivity index (χ0v) is 23.0. The smallest absolute Gasteiger partial charge is 0.223 e. The number of hydrogen-bond donors (Lipinski definition) is 3. The van der Waals surface area contributed by atoms with Crippen molar-refractivity contribution in [1.29, 1.82) is 0 Å². The van der Waals surface area contributed by atoms with Crippen LogP contribution in [0.3, 0.4) is 0 Å². The molecule has 1 fully saturated rings. The monoisotopic (exact) mass is 551 g/mol. The molecule has 0 bridgehead atoms. The lowest BCUT2D eigenvalue weighted by Gasteiger charge is -2.28. The highest BCUT2D eigenvalue weighted by atomic mass is 35.5. The van der Waals surface area contributed by atoms with E-state index in [2.05, 4.69) is 33.3 Å². The van der Waals surface area contributed by atoms with E-state index in [1.165, 1.54) is 6.07 Å². The van der Waals surface area contributed by atoms with Gasteiger partial charge in [0.05, 0.1) is 21.1 Å². The lowest BCUT2D eigenvalue weighted by Crippen LogP contribution is -2.35. The number of benzene rings is 3. The first-order chi connectivity index (χ1) is 18.4. The van der Waals surface area contributed by atoms with Crippen LogP contribution in [0.5, 0.6) is 0 Å². The van der Waals surface area contributed by atoms with E-state index in [0.29, 0.717) is 28.0 Å². The largest absolute Gasteiger partial charge is 0.351 e. The zero-order chi connectivity index (χ0) is 26.6. The first-order valence-electron chi connectivity index (χ1n) is 12.9. The number of rotatable bonds is 8. The lowest BCUT2D eigenvalue weighted by atomic mass is 9.91. The van der Waals surface area contributed by atoms with Crippen LogP contribution in [0.1, 0.15) is 38.2 Å². The van der Waals surface area contributed by atoms with Crippen molar-refractivity contribution in [3.63, 3.8) is 0 Å². The molecule has 1 aliphatic carbocycles. The third-order valence-electron chi connectivity index (χ3n) is 7.15. The summed E-state index contributed by atoms with van der Waals surface area (Å²) in [6, 6.07) is 16.7. The number of aromatic nitrogens is 2. The second-order valence-electron chi connectivity index (χ2n) is 9.60. The Morgan fingerprint density at radius 3 is 2.50 bits per heavy atom. The first kappa shape index (κ1) is 26.5. The van der Waals surface area contributed by atoms with Crippen LogP contribution in [0, 0.1) is 5.82 Å². The summed E-state index contributed by atoms with van der Waals surface area (Å²) in [6.07, 6.45) is 7.10. The van der Waals surface area contributed by atoms with Crippen molar-refractivity contribution in [3.8, 4) is 11.1 Å². The average molecular weight is 552 g/mol. The summed E-state index contributed by atoms with van der Waals surface area (Å²) in [7, 11) is 0.337. The van der Waals surface area contributed by atoms with Gasteiger partial charge in [-0.15, -0.1) is 0 Å². The fourth-order valence-corrected chi connectivity index (χ4v) is 6.23. The summed E-state index contributed by atoms with van der Waals surface area (Å²) in [5.41, 5.74) is 3.72. The molecule has 9 heteroatoms. The van der Waals surface area contributed by atoms with E-state index in [4.69, 9.17) is 16.6 Å². The molecule has 5 rings (SSSR count). The molecule has 6 nitrogen and oxygen atoms in total. The molecular formula is C29H31ClFN5OS. The molecule has 3 N–H and O–H groups in total. The predicted molar refractivity (Wildman–Crippen MR) is 155 cm³/mol. The summed E-state index contributed by atoms with van der Waals surface area (Å²) in [5, 5.41) is 8.16. The number of fused-ring (bicyclic) bond motifs is 1. The lowest BCUT2D eigenvalue weighted by molar-refractivity contribution is 0.370. The molecule has 1 aromatic heterocycles. The highest BCUT2D eigenvalue weighted by Crippen LogP contribution is 2.31. The molecule has 0 saturated heterocycles. The van der Waals surface area contributed by atoms with Gasteiger partial charge in [0, 0.05) is 23.7 Å². The van der Waals surface area contributed by atoms with Crippen molar-refractivity contribution >= 4 is 45.1 Å². The Balaban J connectivity index is 1.36. The van der Waals surface area contributed by atoms with E-state index in [-0.39, 0.29) is 5.69 Å². The maximum Gasteiger partial charge on any atom is 0.223 e. The molecule has 1 atom stereocenters. The van der Waals surface area contributed by atoms with E-state index in [0.717, 1.165) is 59.7 Å². The van der Waals surface area contributed by atoms with Gasteiger partial charge in [-0.1, -0.05) is 36.7 Å². The molecule has 0 radical (unpaired) electrons. The van der Waals surface area contributed by atoms with E-state index < -0.39 is 16.8 Å². The standard InChI is InChI=1S/C29H31ClFN5OS/c1-3-18-14-20(15-21-17-33-29(35-28(18)21)34-23-11-9-22(32-2)10-12-23)19-8-13-26(25(31)16-19)36-38(37)27-7-5-4-6-24(27)30/h4-8,13-17,22-23,32,36H,3,9-12H2,1-2H3,(H,33,34,35). The minimum absolute atomic E-state index is 0.145. The van der Waals surface area contributed by atoms with Crippen molar-refractivity contribution in [2.45, 2.75) is 56.0 Å². The number of hydrogen-bond acceptors (Lipinski definition) is 5. The van der Waals surface area contributed by atoms with Crippen molar-refractivity contribution < 1.29 is 8.60 Å². The molecule has 0 spiro atoms. The van der Waals surface area contributed by atoms with Gasteiger partial charge in [0.15, 0.2) is 11.0 Å². The molecule has 4 aromatic rings. The molecule has 3 aromatic carbocycles. The van der Waals surface area contributed by atoms with Gasteiger partial charge in [-0.3, -0.25) is 4.72 Å². The van der Waals surface area contributed by atoms with Gasteiger partial charge in [0.1, 0.15) is 5.82 Å². The van der Waals surface area contributed by atoms with E-state index in [9.17, 15) is 4.21 Å². The first-order valence-corrected chi connectivity index (χ1v) is 14.4. The van der Waals surface area contributed by atoms with Crippen LogP contribution >= 0.6 is 11.6 Å². The Kier molecular flexibility index (Phi) is 8.21. The quantitative estimate of drug-likeness (QED) is 0.226. The Morgan fingerprint density at radius 2 is 1.79 bits per heavy atom. The highest BCUT2D eigenvalue weighted by Gasteiger charge is 2.21. The van der Waals surface area contributed by atoms with Crippen LogP contribution in [0.25, 0.3) is 22.0 Å². The average Bonchev–Trinajstić information content (AvgIpc) is 2.94. The minimum atomic E-state index is -1.69. The number of halogens is 2. The van der Waals surface area contributed by atoms with Crippen molar-refractivity contribution in [2.24, 2.45) is 0 Å². The third-order valence-corrected chi connectivity index (χ3v) is 8.76. The van der Waals surface area contributed by atoms with E-state index in [1.807, 2.05) is 25.4 Å². The number of nitrogens with one attached hydrogen (secondary N) is 3. The molecule has 198 valence electrons. The maximum atomic E-state index is 15.1. The highest BCUT2D eigenvalue weighted by molar-refractivity contribution is 7.86. The minimum Gasteiger partial charge on any atom is -0.351 e. The number of anilines is 2. The van der Waals surface area contributed by atoms with E-state index in [1.54, 1.807) is 30.3 Å². The normalized spacial score (nSPS) is 18.3. The Hall–Kier alpha value is -3.07. The van der Waals surface area contributed by atoms with Crippen molar-refractivity contribution in [1.82, 2.24) is 15.3 Å². The third kappa shape index (κ3) is 5.82. The SMILES string of the molecule is CCc1cc(-c2ccc(NS(=O)c3ccccc3Cl)c(F)c2)cc2cnc(NC3CCC(NC)CC3)nc12. The molecule has 0 amide bonds. The number of nitrogens with zero attached hydrogens (tertiary/aromatic N) is 2. The summed E-state index contributed by atoms with van der Waals surface area (Å²) in [5.74, 6) is 0.158. The van der Waals surface area contributed by atoms with Gasteiger partial charge in [-0.2, -0.15) is 0 Å². The number of aryl methyl sites for hydroxylation is 1. The fraction of sp³-hybridized carbons (Fsp3) is 0.310. The molecule has 1 unspecified atom stereocenters. The molecule has 1 heterocycles. The summed E-state index contributed by atoms with van der Waals surface area (Å²) in [6.45, 7) is 2.09. The Labute approximate surface area is 230 Å². The van der Waals surface area contributed by atoms with Gasteiger partial charge < -0.3 is 10.6 Å². The maximum absolute atomic E-state index is 15.1. The molecule has 1 aliphatic rings.